The van der Waals surface area contributed by atoms with E-state index in [1.807, 2.05) is 0 Å². The van der Waals surface area contributed by atoms with Gasteiger partial charge in [-0.15, -0.1) is 0 Å². The lowest BCUT2D eigenvalue weighted by Crippen LogP contribution is -2.47. The zero-order chi connectivity index (χ0) is 10.9. The predicted octanol–water partition coefficient (Wildman–Crippen LogP) is 2.00. The van der Waals surface area contributed by atoms with Crippen molar-refractivity contribution in [3.8, 4) is 0 Å². The molecule has 2 nitrogen and oxygen atoms in total. The summed E-state index contributed by atoms with van der Waals surface area (Å²) in [7, 11) is 0. The van der Waals surface area contributed by atoms with Crippen LogP contribution in [0.5, 0.6) is 0 Å². The summed E-state index contributed by atoms with van der Waals surface area (Å²) in [5.74, 6) is -13.1. The van der Waals surface area contributed by atoms with Crippen molar-refractivity contribution in [1.82, 2.24) is 0 Å². The summed E-state index contributed by atoms with van der Waals surface area (Å²) in [6.07, 6.45) is -6.92. The fraction of sp³-hybridized carbons (Fsp3) is 0.800. The van der Waals surface area contributed by atoms with Crippen molar-refractivity contribution < 1.29 is 36.2 Å². The standard InChI is InChI=1S/C5H4F6O2/c6-3(7)5(10,11)4(8,9)1-2(12)13/h3H,1H2,(H,12,13). The Bertz CT molecular complexity index is 201. The lowest BCUT2D eigenvalue weighted by atomic mass is 10.1. The molecule has 0 rings (SSSR count). The van der Waals surface area contributed by atoms with E-state index in [0.717, 1.165) is 0 Å². The highest BCUT2D eigenvalue weighted by Gasteiger charge is 2.63. The van der Waals surface area contributed by atoms with Gasteiger partial charge < -0.3 is 5.11 Å². The summed E-state index contributed by atoms with van der Waals surface area (Å²) in [6, 6.07) is 0. The topological polar surface area (TPSA) is 37.3 Å². The van der Waals surface area contributed by atoms with Crippen molar-refractivity contribution in [1.29, 1.82) is 0 Å². The number of carboxylic acid groups (broad SMARTS) is 1. The van der Waals surface area contributed by atoms with Crippen molar-refractivity contribution in [3.05, 3.63) is 0 Å². The minimum absolute atomic E-state index is 2.27. The second-order valence-corrected chi connectivity index (χ2v) is 2.20. The third kappa shape index (κ3) is 2.49. The average molecular weight is 210 g/mol. The SMILES string of the molecule is O=C(O)CC(F)(F)C(F)(F)C(F)F. The Morgan fingerprint density at radius 2 is 1.62 bits per heavy atom. The van der Waals surface area contributed by atoms with Crippen molar-refractivity contribution >= 4 is 5.97 Å². The maximum absolute atomic E-state index is 12.1. The summed E-state index contributed by atoms with van der Waals surface area (Å²) in [6.45, 7) is 0. The van der Waals surface area contributed by atoms with E-state index in [-0.39, 0.29) is 0 Å². The molecule has 0 atom stereocenters. The first kappa shape index (κ1) is 12.0. The van der Waals surface area contributed by atoms with Gasteiger partial charge in [0.2, 0.25) is 0 Å². The van der Waals surface area contributed by atoms with Crippen LogP contribution in [-0.2, 0) is 4.79 Å². The quantitative estimate of drug-likeness (QED) is 0.720. The Morgan fingerprint density at radius 3 is 1.85 bits per heavy atom. The van der Waals surface area contributed by atoms with Gasteiger partial charge in [-0.2, -0.15) is 17.6 Å². The summed E-state index contributed by atoms with van der Waals surface area (Å²) < 4.78 is 70.7. The molecule has 0 bridgehead atoms. The largest absolute Gasteiger partial charge is 0.481 e. The maximum Gasteiger partial charge on any atom is 0.369 e. The number of carbonyl (C=O) groups is 1. The molecule has 78 valence electrons. The number of aliphatic carboxylic acids is 1. The molecular formula is C5H4F6O2. The monoisotopic (exact) mass is 210 g/mol. The van der Waals surface area contributed by atoms with Gasteiger partial charge in [-0.25, -0.2) is 8.78 Å². The fourth-order valence-electron chi connectivity index (χ4n) is 0.467. The average Bonchev–Trinajstić information content (AvgIpc) is 1.83. The van der Waals surface area contributed by atoms with Crippen LogP contribution in [-0.4, -0.2) is 29.3 Å². The molecule has 0 heterocycles. The van der Waals surface area contributed by atoms with E-state index in [1.54, 1.807) is 0 Å². The van der Waals surface area contributed by atoms with Crippen molar-refractivity contribution in [2.24, 2.45) is 0 Å². The third-order valence-electron chi connectivity index (χ3n) is 1.13. The molecule has 0 aromatic heterocycles. The lowest BCUT2D eigenvalue weighted by Gasteiger charge is -2.23. The smallest absolute Gasteiger partial charge is 0.369 e. The summed E-state index contributed by atoms with van der Waals surface area (Å²) in [5.41, 5.74) is 0. The van der Waals surface area contributed by atoms with Gasteiger partial charge in [0, 0.05) is 0 Å². The fourth-order valence-corrected chi connectivity index (χ4v) is 0.467. The molecule has 0 amide bonds. The minimum atomic E-state index is -5.62. The van der Waals surface area contributed by atoms with Crippen LogP contribution in [0, 0.1) is 0 Å². The summed E-state index contributed by atoms with van der Waals surface area (Å²) >= 11 is 0. The van der Waals surface area contributed by atoms with Crippen LogP contribution < -0.4 is 0 Å². The Balaban J connectivity index is 4.70. The van der Waals surface area contributed by atoms with Crippen LogP contribution >= 0.6 is 0 Å². The highest BCUT2D eigenvalue weighted by atomic mass is 19.3. The Morgan fingerprint density at radius 1 is 1.23 bits per heavy atom. The predicted molar refractivity (Wildman–Crippen MR) is 28.2 cm³/mol. The minimum Gasteiger partial charge on any atom is -0.481 e. The van der Waals surface area contributed by atoms with Crippen LogP contribution in [0.15, 0.2) is 0 Å². The molecule has 13 heavy (non-hydrogen) atoms. The molecule has 8 heteroatoms. The second kappa shape index (κ2) is 3.43. The Labute approximate surface area is 68.1 Å². The summed E-state index contributed by atoms with van der Waals surface area (Å²) in [4.78, 5) is 9.63. The molecular weight excluding hydrogens is 206 g/mol. The molecule has 0 radical (unpaired) electrons. The van der Waals surface area contributed by atoms with Crippen LogP contribution in [0.1, 0.15) is 6.42 Å². The first-order valence-electron chi connectivity index (χ1n) is 2.87. The number of alkyl halides is 6. The van der Waals surface area contributed by atoms with E-state index in [4.69, 9.17) is 5.11 Å². The number of hydrogen-bond donors (Lipinski definition) is 1. The lowest BCUT2D eigenvalue weighted by molar-refractivity contribution is -0.265. The number of halogens is 6. The second-order valence-electron chi connectivity index (χ2n) is 2.20. The molecule has 0 aliphatic heterocycles. The molecule has 0 aliphatic rings. The first-order valence-corrected chi connectivity index (χ1v) is 2.87. The Kier molecular flexibility index (Phi) is 3.18. The third-order valence-corrected chi connectivity index (χ3v) is 1.13. The van der Waals surface area contributed by atoms with E-state index in [0.29, 0.717) is 0 Å². The number of carboxylic acids is 1. The van der Waals surface area contributed by atoms with Gasteiger partial charge in [0.25, 0.3) is 0 Å². The first-order chi connectivity index (χ1) is 5.61. The van der Waals surface area contributed by atoms with Crippen molar-refractivity contribution in [2.45, 2.75) is 24.7 Å². The van der Waals surface area contributed by atoms with Gasteiger partial charge in [-0.05, 0) is 0 Å². The van der Waals surface area contributed by atoms with Crippen LogP contribution in [0.2, 0.25) is 0 Å². The van der Waals surface area contributed by atoms with E-state index in [1.165, 1.54) is 0 Å². The molecule has 0 aromatic carbocycles. The van der Waals surface area contributed by atoms with E-state index >= 15 is 0 Å². The Hall–Kier alpha value is -0.950. The molecule has 0 aliphatic carbocycles. The number of hydrogen-bond acceptors (Lipinski definition) is 1. The highest BCUT2D eigenvalue weighted by Crippen LogP contribution is 2.41. The van der Waals surface area contributed by atoms with Crippen molar-refractivity contribution in [2.75, 3.05) is 0 Å². The highest BCUT2D eigenvalue weighted by molar-refractivity contribution is 5.68. The van der Waals surface area contributed by atoms with Crippen LogP contribution in [0.4, 0.5) is 26.3 Å². The maximum atomic E-state index is 12.1. The summed E-state index contributed by atoms with van der Waals surface area (Å²) in [5, 5.41) is 7.74. The van der Waals surface area contributed by atoms with E-state index in [9.17, 15) is 31.1 Å². The zero-order valence-electron chi connectivity index (χ0n) is 5.91. The van der Waals surface area contributed by atoms with E-state index in [2.05, 4.69) is 0 Å². The molecule has 0 saturated heterocycles. The zero-order valence-corrected chi connectivity index (χ0v) is 5.91. The van der Waals surface area contributed by atoms with Gasteiger partial charge >= 0.3 is 24.2 Å². The van der Waals surface area contributed by atoms with Crippen molar-refractivity contribution in [3.63, 3.8) is 0 Å². The van der Waals surface area contributed by atoms with Gasteiger partial charge in [-0.1, -0.05) is 0 Å². The molecule has 1 N–H and O–H groups in total. The molecule has 0 aromatic rings. The normalized spacial score (nSPS) is 13.5. The molecule has 0 spiro atoms. The van der Waals surface area contributed by atoms with Crippen LogP contribution in [0.25, 0.3) is 0 Å². The van der Waals surface area contributed by atoms with E-state index < -0.39 is 30.7 Å². The molecule has 0 fully saturated rings. The van der Waals surface area contributed by atoms with Gasteiger partial charge in [0.15, 0.2) is 0 Å². The van der Waals surface area contributed by atoms with Crippen LogP contribution in [0.3, 0.4) is 0 Å². The number of rotatable bonds is 4. The molecule has 0 saturated carbocycles. The molecule has 0 unspecified atom stereocenters. The van der Waals surface area contributed by atoms with Gasteiger partial charge in [0.05, 0.1) is 0 Å². The van der Waals surface area contributed by atoms with Gasteiger partial charge in [-0.3, -0.25) is 4.79 Å². The van der Waals surface area contributed by atoms with Gasteiger partial charge in [0.1, 0.15) is 6.42 Å².